The smallest absolute Gasteiger partial charge is 0.252 e. The Kier molecular flexibility index (Phi) is 6.94. The third-order valence-corrected chi connectivity index (χ3v) is 10.0. The molecule has 1 saturated carbocycles. The Balaban J connectivity index is 1.25. The van der Waals surface area contributed by atoms with Crippen LogP contribution in [-0.2, 0) is 14.8 Å². The van der Waals surface area contributed by atoms with Gasteiger partial charge in [0.1, 0.15) is 4.21 Å². The van der Waals surface area contributed by atoms with Gasteiger partial charge in [0.25, 0.3) is 10.0 Å². The van der Waals surface area contributed by atoms with Gasteiger partial charge in [0.15, 0.2) is 0 Å². The first kappa shape index (κ1) is 21.3. The van der Waals surface area contributed by atoms with Crippen LogP contribution in [0.25, 0.3) is 0 Å². The molecular formula is C21H33N3O3S2. The number of piperidine rings is 2. The predicted octanol–water partition coefficient (Wildman–Crippen LogP) is 2.92. The molecule has 0 bridgehead atoms. The van der Waals surface area contributed by atoms with Crippen molar-refractivity contribution in [2.75, 3.05) is 32.7 Å². The van der Waals surface area contributed by atoms with E-state index in [1.165, 1.54) is 47.9 Å². The van der Waals surface area contributed by atoms with Gasteiger partial charge in [-0.3, -0.25) is 4.79 Å². The van der Waals surface area contributed by atoms with E-state index in [0.29, 0.717) is 17.3 Å². The summed E-state index contributed by atoms with van der Waals surface area (Å²) in [5.74, 6) is 0.667. The monoisotopic (exact) mass is 439 g/mol. The van der Waals surface area contributed by atoms with Crippen LogP contribution in [0.5, 0.6) is 0 Å². The van der Waals surface area contributed by atoms with E-state index in [1.807, 2.05) is 0 Å². The quantitative estimate of drug-likeness (QED) is 0.740. The van der Waals surface area contributed by atoms with Gasteiger partial charge in [0, 0.05) is 38.8 Å². The fraction of sp³-hybridized carbons (Fsp3) is 0.762. The second kappa shape index (κ2) is 9.45. The molecule has 1 aromatic heterocycles. The maximum Gasteiger partial charge on any atom is 0.252 e. The van der Waals surface area contributed by atoms with Crippen molar-refractivity contribution < 1.29 is 13.2 Å². The van der Waals surface area contributed by atoms with Crippen LogP contribution in [0, 0.1) is 11.8 Å². The van der Waals surface area contributed by atoms with E-state index in [2.05, 4.69) is 10.2 Å². The zero-order valence-electron chi connectivity index (χ0n) is 17.1. The van der Waals surface area contributed by atoms with Gasteiger partial charge in [-0.05, 0) is 55.9 Å². The SMILES string of the molecule is O=C(NC1CCN(CC2CCCC2)CC1)C1CCCN(S(=O)(=O)c2cccs2)C1. The molecule has 3 aliphatic rings. The van der Waals surface area contributed by atoms with Gasteiger partial charge >= 0.3 is 0 Å². The molecule has 3 heterocycles. The lowest BCUT2D eigenvalue weighted by Gasteiger charge is -2.35. The highest BCUT2D eigenvalue weighted by Gasteiger charge is 2.34. The van der Waals surface area contributed by atoms with Crippen molar-refractivity contribution in [1.82, 2.24) is 14.5 Å². The number of hydrogen-bond donors (Lipinski definition) is 1. The van der Waals surface area contributed by atoms with Crippen LogP contribution >= 0.6 is 11.3 Å². The summed E-state index contributed by atoms with van der Waals surface area (Å²) >= 11 is 1.24. The molecule has 0 radical (unpaired) electrons. The first-order valence-corrected chi connectivity index (χ1v) is 13.4. The molecule has 1 aliphatic carbocycles. The lowest BCUT2D eigenvalue weighted by molar-refractivity contribution is -0.127. The molecule has 1 unspecified atom stereocenters. The van der Waals surface area contributed by atoms with Gasteiger partial charge in [-0.2, -0.15) is 4.31 Å². The number of hydrogen-bond acceptors (Lipinski definition) is 5. The van der Waals surface area contributed by atoms with Gasteiger partial charge in [-0.15, -0.1) is 11.3 Å². The topological polar surface area (TPSA) is 69.7 Å². The number of rotatable bonds is 6. The molecule has 8 heteroatoms. The Morgan fingerprint density at radius 1 is 1.07 bits per heavy atom. The molecule has 1 aromatic rings. The minimum atomic E-state index is -3.47. The molecule has 2 saturated heterocycles. The standard InChI is InChI=1S/C21H33N3O3S2/c25-21(22-19-9-12-23(13-10-19)15-17-5-1-2-6-17)18-7-3-11-24(16-18)29(26,27)20-8-4-14-28-20/h4,8,14,17-19H,1-3,5-7,9-13,15-16H2,(H,22,25). The summed E-state index contributed by atoms with van der Waals surface area (Å²) in [6.45, 7) is 4.14. The van der Waals surface area contributed by atoms with Crippen molar-refractivity contribution in [3.63, 3.8) is 0 Å². The number of carbonyl (C=O) groups is 1. The van der Waals surface area contributed by atoms with E-state index in [0.717, 1.165) is 44.7 Å². The molecule has 0 aromatic carbocycles. The van der Waals surface area contributed by atoms with Crippen LogP contribution in [-0.4, -0.2) is 62.3 Å². The highest BCUT2D eigenvalue weighted by Crippen LogP contribution is 2.28. The first-order valence-electron chi connectivity index (χ1n) is 11.1. The van der Waals surface area contributed by atoms with Gasteiger partial charge in [-0.25, -0.2) is 8.42 Å². The van der Waals surface area contributed by atoms with E-state index in [4.69, 9.17) is 0 Å². The Labute approximate surface area is 178 Å². The second-order valence-electron chi connectivity index (χ2n) is 8.87. The number of nitrogens with one attached hydrogen (secondary N) is 1. The van der Waals surface area contributed by atoms with Crippen molar-refractivity contribution in [3.05, 3.63) is 17.5 Å². The molecule has 1 N–H and O–H groups in total. The van der Waals surface area contributed by atoms with Crippen molar-refractivity contribution in [1.29, 1.82) is 0 Å². The molecule has 29 heavy (non-hydrogen) atoms. The molecule has 6 nitrogen and oxygen atoms in total. The van der Waals surface area contributed by atoms with E-state index < -0.39 is 10.0 Å². The molecule has 4 rings (SSSR count). The van der Waals surface area contributed by atoms with Crippen molar-refractivity contribution in [3.8, 4) is 0 Å². The third-order valence-electron chi connectivity index (χ3n) is 6.77. The molecule has 1 amide bonds. The average molecular weight is 440 g/mol. The summed E-state index contributed by atoms with van der Waals surface area (Å²) in [4.78, 5) is 15.4. The minimum absolute atomic E-state index is 0.0327. The zero-order valence-corrected chi connectivity index (χ0v) is 18.7. The van der Waals surface area contributed by atoms with Gasteiger partial charge < -0.3 is 10.2 Å². The lowest BCUT2D eigenvalue weighted by atomic mass is 9.96. The van der Waals surface area contributed by atoms with E-state index in [1.54, 1.807) is 17.5 Å². The van der Waals surface area contributed by atoms with Crippen LogP contribution in [0.2, 0.25) is 0 Å². The van der Waals surface area contributed by atoms with Gasteiger partial charge in [-0.1, -0.05) is 18.9 Å². The van der Waals surface area contributed by atoms with Crippen LogP contribution < -0.4 is 5.32 Å². The normalized spacial score (nSPS) is 26.0. The maximum absolute atomic E-state index is 12.8. The molecule has 162 valence electrons. The number of sulfonamides is 1. The van der Waals surface area contributed by atoms with Crippen LogP contribution in [0.1, 0.15) is 51.4 Å². The molecular weight excluding hydrogens is 406 g/mol. The van der Waals surface area contributed by atoms with Crippen LogP contribution in [0.4, 0.5) is 0 Å². The Morgan fingerprint density at radius 2 is 1.83 bits per heavy atom. The second-order valence-corrected chi connectivity index (χ2v) is 12.0. The minimum Gasteiger partial charge on any atom is -0.353 e. The summed E-state index contributed by atoms with van der Waals surface area (Å²) in [5.41, 5.74) is 0. The summed E-state index contributed by atoms with van der Waals surface area (Å²) in [5, 5.41) is 5.00. The zero-order chi connectivity index (χ0) is 20.3. The molecule has 1 atom stereocenters. The Bertz CT molecular complexity index is 767. The Hall–Kier alpha value is -0.960. The lowest BCUT2D eigenvalue weighted by Crippen LogP contribution is -2.50. The molecule has 2 aliphatic heterocycles. The summed E-state index contributed by atoms with van der Waals surface area (Å²) in [6.07, 6.45) is 9.04. The number of thiophene rings is 1. The summed E-state index contributed by atoms with van der Waals surface area (Å²) < 4.78 is 27.4. The fourth-order valence-electron chi connectivity index (χ4n) is 5.05. The van der Waals surface area contributed by atoms with E-state index in [-0.39, 0.29) is 17.9 Å². The summed E-state index contributed by atoms with van der Waals surface area (Å²) in [7, 11) is -3.47. The van der Waals surface area contributed by atoms with Crippen molar-refractivity contribution >= 4 is 27.3 Å². The fourth-order valence-corrected chi connectivity index (χ4v) is 7.72. The predicted molar refractivity (Wildman–Crippen MR) is 115 cm³/mol. The molecule has 0 spiro atoms. The van der Waals surface area contributed by atoms with Crippen molar-refractivity contribution in [2.45, 2.75) is 61.6 Å². The number of nitrogens with zero attached hydrogens (tertiary/aromatic N) is 2. The largest absolute Gasteiger partial charge is 0.353 e. The highest BCUT2D eigenvalue weighted by atomic mass is 32.2. The van der Waals surface area contributed by atoms with Crippen LogP contribution in [0.15, 0.2) is 21.7 Å². The van der Waals surface area contributed by atoms with E-state index in [9.17, 15) is 13.2 Å². The summed E-state index contributed by atoms with van der Waals surface area (Å²) in [6, 6.07) is 3.62. The average Bonchev–Trinajstić information content (AvgIpc) is 3.44. The van der Waals surface area contributed by atoms with Crippen LogP contribution in [0.3, 0.4) is 0 Å². The van der Waals surface area contributed by atoms with E-state index >= 15 is 0 Å². The third kappa shape index (κ3) is 5.21. The highest BCUT2D eigenvalue weighted by molar-refractivity contribution is 7.91. The number of amides is 1. The maximum atomic E-state index is 12.8. The Morgan fingerprint density at radius 3 is 2.52 bits per heavy atom. The van der Waals surface area contributed by atoms with Gasteiger partial charge in [0.05, 0.1) is 5.92 Å². The first-order chi connectivity index (χ1) is 14.0. The number of carbonyl (C=O) groups excluding carboxylic acids is 1. The van der Waals surface area contributed by atoms with Crippen molar-refractivity contribution in [2.24, 2.45) is 11.8 Å². The van der Waals surface area contributed by atoms with Gasteiger partial charge in [0.2, 0.25) is 5.91 Å². The number of likely N-dealkylation sites (tertiary alicyclic amines) is 1. The molecule has 3 fully saturated rings.